The van der Waals surface area contributed by atoms with Gasteiger partial charge in [0, 0.05) is 0 Å². The highest BCUT2D eigenvalue weighted by molar-refractivity contribution is 5.93. The van der Waals surface area contributed by atoms with E-state index in [0.717, 1.165) is 22.7 Å². The van der Waals surface area contributed by atoms with Crippen LogP contribution in [-0.2, 0) is 6.54 Å². The lowest BCUT2D eigenvalue weighted by Gasteiger charge is -2.11. The third kappa shape index (κ3) is 5.50. The number of hydrogen-bond donors (Lipinski definition) is 2. The topological polar surface area (TPSA) is 68.9 Å². The van der Waals surface area contributed by atoms with Gasteiger partial charge in [0.2, 0.25) is 0 Å². The van der Waals surface area contributed by atoms with Crippen LogP contribution in [0.4, 0.5) is 5.69 Å². The maximum Gasteiger partial charge on any atom is 0.193 e. The molecule has 0 aromatic heterocycles. The lowest BCUT2D eigenvalue weighted by molar-refractivity contribution is 0.271. The molecule has 0 fully saturated rings. The average molecular weight is 327 g/mol. The van der Waals surface area contributed by atoms with Crippen molar-refractivity contribution in [1.29, 1.82) is 0 Å². The normalized spacial score (nSPS) is 11.4. The molecule has 0 radical (unpaired) electrons. The lowest BCUT2D eigenvalue weighted by Crippen LogP contribution is -2.22. The molecule has 0 aliphatic rings. The molecule has 2 aromatic carbocycles. The Balaban J connectivity index is 1.98. The first kappa shape index (κ1) is 17.7. The highest BCUT2D eigenvalue weighted by Gasteiger charge is 2.03. The van der Waals surface area contributed by atoms with Crippen molar-refractivity contribution in [2.45, 2.75) is 20.4 Å². The van der Waals surface area contributed by atoms with Crippen LogP contribution in [0.25, 0.3) is 0 Å². The minimum Gasteiger partial charge on any atom is -0.495 e. The van der Waals surface area contributed by atoms with Crippen molar-refractivity contribution in [2.75, 3.05) is 19.0 Å². The molecule has 0 heterocycles. The van der Waals surface area contributed by atoms with Gasteiger partial charge in [-0.15, -0.1) is 0 Å². The number of nitrogens with one attached hydrogen (secondary N) is 1. The molecule has 5 heteroatoms. The number of anilines is 1. The van der Waals surface area contributed by atoms with Gasteiger partial charge in [-0.05, 0) is 35.7 Å². The molecule has 128 valence electrons. The van der Waals surface area contributed by atoms with Gasteiger partial charge in [-0.3, -0.25) is 0 Å². The molecule has 0 spiro atoms. The van der Waals surface area contributed by atoms with Gasteiger partial charge < -0.3 is 20.5 Å². The summed E-state index contributed by atoms with van der Waals surface area (Å²) in [7, 11) is 1.62. The SMILES string of the molecule is COc1ccccc1NC(N)=NCc1cccc(OCC(C)C)c1. The standard InChI is InChI=1S/C19H25N3O2/c1-14(2)13-24-16-8-6-7-15(11-16)12-21-19(20)22-17-9-4-5-10-18(17)23-3/h4-11,14H,12-13H2,1-3H3,(H3,20,21,22). The molecular weight excluding hydrogens is 302 g/mol. The van der Waals surface area contributed by atoms with Crippen molar-refractivity contribution in [2.24, 2.45) is 16.6 Å². The fourth-order valence-electron chi connectivity index (χ4n) is 2.10. The van der Waals surface area contributed by atoms with E-state index in [1.54, 1.807) is 7.11 Å². The van der Waals surface area contributed by atoms with Crippen molar-refractivity contribution in [3.63, 3.8) is 0 Å². The van der Waals surface area contributed by atoms with E-state index < -0.39 is 0 Å². The Labute approximate surface area is 143 Å². The van der Waals surface area contributed by atoms with Crippen molar-refractivity contribution >= 4 is 11.6 Å². The van der Waals surface area contributed by atoms with Crippen LogP contribution in [0.5, 0.6) is 11.5 Å². The van der Waals surface area contributed by atoms with Gasteiger partial charge in [0.15, 0.2) is 5.96 Å². The number of rotatable bonds is 7. The van der Waals surface area contributed by atoms with Gasteiger partial charge in [0.1, 0.15) is 11.5 Å². The van der Waals surface area contributed by atoms with E-state index in [-0.39, 0.29) is 0 Å². The molecule has 0 aliphatic carbocycles. The van der Waals surface area contributed by atoms with E-state index in [1.165, 1.54) is 0 Å². The summed E-state index contributed by atoms with van der Waals surface area (Å²) >= 11 is 0. The van der Waals surface area contributed by atoms with Crippen LogP contribution in [0.2, 0.25) is 0 Å². The summed E-state index contributed by atoms with van der Waals surface area (Å²) in [4.78, 5) is 4.37. The zero-order valence-corrected chi connectivity index (χ0v) is 14.5. The number of para-hydroxylation sites is 2. The van der Waals surface area contributed by atoms with E-state index in [1.807, 2.05) is 48.5 Å². The summed E-state index contributed by atoms with van der Waals surface area (Å²) in [6, 6.07) is 15.5. The summed E-state index contributed by atoms with van der Waals surface area (Å²) in [6.07, 6.45) is 0. The lowest BCUT2D eigenvalue weighted by atomic mass is 10.2. The number of methoxy groups -OCH3 is 1. The fraction of sp³-hybridized carbons (Fsp3) is 0.316. The van der Waals surface area contributed by atoms with Gasteiger partial charge in [0.05, 0.1) is 25.9 Å². The van der Waals surface area contributed by atoms with Gasteiger partial charge in [-0.1, -0.05) is 38.1 Å². The molecular formula is C19H25N3O2. The summed E-state index contributed by atoms with van der Waals surface area (Å²) in [5.74, 6) is 2.41. The summed E-state index contributed by atoms with van der Waals surface area (Å²) in [5.41, 5.74) is 7.80. The van der Waals surface area contributed by atoms with Crippen molar-refractivity contribution in [3.05, 3.63) is 54.1 Å². The van der Waals surface area contributed by atoms with Crippen molar-refractivity contribution in [1.82, 2.24) is 0 Å². The molecule has 0 bridgehead atoms. The highest BCUT2D eigenvalue weighted by atomic mass is 16.5. The van der Waals surface area contributed by atoms with Crippen LogP contribution in [0.1, 0.15) is 19.4 Å². The Morgan fingerprint density at radius 3 is 2.71 bits per heavy atom. The third-order valence-corrected chi connectivity index (χ3v) is 3.28. The first-order chi connectivity index (χ1) is 11.6. The maximum atomic E-state index is 5.97. The van der Waals surface area contributed by atoms with Gasteiger partial charge in [-0.25, -0.2) is 4.99 Å². The number of benzene rings is 2. The van der Waals surface area contributed by atoms with Gasteiger partial charge in [-0.2, -0.15) is 0 Å². The summed E-state index contributed by atoms with van der Waals surface area (Å²) in [6.45, 7) is 5.42. The monoisotopic (exact) mass is 327 g/mol. The van der Waals surface area contributed by atoms with E-state index >= 15 is 0 Å². The summed E-state index contributed by atoms with van der Waals surface area (Å²) in [5, 5.41) is 3.06. The van der Waals surface area contributed by atoms with Crippen LogP contribution in [0, 0.1) is 5.92 Å². The molecule has 0 amide bonds. The van der Waals surface area contributed by atoms with Gasteiger partial charge >= 0.3 is 0 Å². The van der Waals surface area contributed by atoms with Gasteiger partial charge in [0.25, 0.3) is 0 Å². The summed E-state index contributed by atoms with van der Waals surface area (Å²) < 4.78 is 11.0. The Hall–Kier alpha value is -2.69. The zero-order chi connectivity index (χ0) is 17.4. The minimum absolute atomic E-state index is 0.341. The van der Waals surface area contributed by atoms with E-state index in [9.17, 15) is 0 Å². The fourth-order valence-corrected chi connectivity index (χ4v) is 2.10. The molecule has 3 N–H and O–H groups in total. The predicted molar refractivity (Wildman–Crippen MR) is 98.7 cm³/mol. The Morgan fingerprint density at radius 2 is 1.96 bits per heavy atom. The molecule has 0 unspecified atom stereocenters. The first-order valence-corrected chi connectivity index (χ1v) is 8.00. The molecule has 2 rings (SSSR count). The average Bonchev–Trinajstić information content (AvgIpc) is 2.59. The molecule has 0 aliphatic heterocycles. The molecule has 0 atom stereocenters. The maximum absolute atomic E-state index is 5.97. The van der Waals surface area contributed by atoms with E-state index in [2.05, 4.69) is 24.2 Å². The Kier molecular flexibility index (Phi) is 6.49. The number of hydrogen-bond acceptors (Lipinski definition) is 3. The van der Waals surface area contributed by atoms with Crippen LogP contribution in [0.3, 0.4) is 0 Å². The van der Waals surface area contributed by atoms with Crippen LogP contribution in [-0.4, -0.2) is 19.7 Å². The number of nitrogens with zero attached hydrogens (tertiary/aromatic N) is 1. The minimum atomic E-state index is 0.341. The Bertz CT molecular complexity index is 684. The predicted octanol–water partition coefficient (Wildman–Crippen LogP) is 3.66. The number of aliphatic imine (C=N–C) groups is 1. The number of nitrogens with two attached hydrogens (primary N) is 1. The van der Waals surface area contributed by atoms with Crippen molar-refractivity contribution in [3.8, 4) is 11.5 Å². The number of ether oxygens (including phenoxy) is 2. The smallest absolute Gasteiger partial charge is 0.193 e. The van der Waals surface area contributed by atoms with E-state index in [4.69, 9.17) is 15.2 Å². The zero-order valence-electron chi connectivity index (χ0n) is 14.5. The number of guanidine groups is 1. The highest BCUT2D eigenvalue weighted by Crippen LogP contribution is 2.22. The Morgan fingerprint density at radius 1 is 1.17 bits per heavy atom. The van der Waals surface area contributed by atoms with Crippen molar-refractivity contribution < 1.29 is 9.47 Å². The second-order valence-electron chi connectivity index (χ2n) is 5.88. The van der Waals surface area contributed by atoms with Crippen LogP contribution in [0.15, 0.2) is 53.5 Å². The van der Waals surface area contributed by atoms with Crippen LogP contribution >= 0.6 is 0 Å². The molecule has 0 saturated carbocycles. The molecule has 0 saturated heterocycles. The van der Waals surface area contributed by atoms with E-state index in [0.29, 0.717) is 25.0 Å². The second-order valence-corrected chi connectivity index (χ2v) is 5.88. The quantitative estimate of drug-likeness (QED) is 0.601. The molecule has 2 aromatic rings. The largest absolute Gasteiger partial charge is 0.495 e. The molecule has 24 heavy (non-hydrogen) atoms. The molecule has 5 nitrogen and oxygen atoms in total. The second kappa shape index (κ2) is 8.82. The van der Waals surface area contributed by atoms with Crippen LogP contribution < -0.4 is 20.5 Å². The first-order valence-electron chi connectivity index (χ1n) is 8.00. The third-order valence-electron chi connectivity index (χ3n) is 3.28.